The lowest BCUT2D eigenvalue weighted by Crippen LogP contribution is -2.15. The first-order valence-electron chi connectivity index (χ1n) is 4.88. The van der Waals surface area contributed by atoms with Crippen molar-refractivity contribution in [2.75, 3.05) is 7.11 Å². The monoisotopic (exact) mass is 204 g/mol. The molecule has 1 aromatic rings. The number of ether oxygens (including phenoxy) is 1. The summed E-state index contributed by atoms with van der Waals surface area (Å²) in [4.78, 5) is 22.5. The van der Waals surface area contributed by atoms with E-state index in [-0.39, 0.29) is 5.97 Å². The Morgan fingerprint density at radius 2 is 2.07 bits per heavy atom. The Kier molecular flexibility index (Phi) is 2.31. The molecule has 78 valence electrons. The summed E-state index contributed by atoms with van der Waals surface area (Å²) in [6.45, 7) is 0. The Balaban J connectivity index is 2.47. The highest BCUT2D eigenvalue weighted by molar-refractivity contribution is 5.93. The topological polar surface area (TPSA) is 43.4 Å². The third kappa shape index (κ3) is 1.54. The second kappa shape index (κ2) is 3.50. The quantitative estimate of drug-likeness (QED) is 0.556. The van der Waals surface area contributed by atoms with Gasteiger partial charge in [0, 0.05) is 0 Å². The Labute approximate surface area is 88.1 Å². The molecule has 15 heavy (non-hydrogen) atoms. The smallest absolute Gasteiger partial charge is 0.338 e. The number of hydrogen-bond donors (Lipinski definition) is 0. The number of carbonyl (C=O) groups is 2. The maximum absolute atomic E-state index is 11.5. The molecule has 0 amide bonds. The first-order chi connectivity index (χ1) is 7.23. The minimum Gasteiger partial charge on any atom is -0.465 e. The van der Waals surface area contributed by atoms with Gasteiger partial charge in [0.2, 0.25) is 0 Å². The summed E-state index contributed by atoms with van der Waals surface area (Å²) < 4.78 is 4.69. The second-order valence-corrected chi connectivity index (χ2v) is 3.81. The third-order valence-electron chi connectivity index (χ3n) is 2.88. The van der Waals surface area contributed by atoms with Gasteiger partial charge in [-0.25, -0.2) is 4.79 Å². The first-order valence-corrected chi connectivity index (χ1v) is 4.88. The second-order valence-electron chi connectivity index (χ2n) is 3.81. The van der Waals surface area contributed by atoms with Crippen LogP contribution >= 0.6 is 0 Å². The molecule has 2 rings (SSSR count). The summed E-state index contributed by atoms with van der Waals surface area (Å²) in [7, 11) is 1.35. The molecule has 1 aromatic carbocycles. The Bertz CT molecular complexity index is 405. The molecule has 1 aliphatic carbocycles. The molecule has 3 heteroatoms. The van der Waals surface area contributed by atoms with E-state index in [0.29, 0.717) is 5.56 Å². The molecule has 0 aliphatic heterocycles. The van der Waals surface area contributed by atoms with Gasteiger partial charge in [0.1, 0.15) is 6.29 Å². The van der Waals surface area contributed by atoms with Crippen LogP contribution in [0.1, 0.15) is 28.8 Å². The largest absolute Gasteiger partial charge is 0.465 e. The van der Waals surface area contributed by atoms with Crippen LogP contribution in [0.2, 0.25) is 0 Å². The minimum atomic E-state index is -0.426. The van der Waals surface area contributed by atoms with E-state index < -0.39 is 5.41 Å². The van der Waals surface area contributed by atoms with Crippen LogP contribution in [0.4, 0.5) is 0 Å². The van der Waals surface area contributed by atoms with Crippen molar-refractivity contribution in [3.8, 4) is 0 Å². The fraction of sp³-hybridized carbons (Fsp3) is 0.333. The zero-order valence-electron chi connectivity index (χ0n) is 8.53. The summed E-state index contributed by atoms with van der Waals surface area (Å²) in [6, 6.07) is 7.14. The Morgan fingerprint density at radius 1 is 1.40 bits per heavy atom. The van der Waals surface area contributed by atoms with Crippen LogP contribution in [-0.4, -0.2) is 19.4 Å². The standard InChI is InChI=1S/C12H12O3/c1-15-11(14)9-4-2-3-5-10(9)12(8-13)6-7-12/h2-5,8H,6-7H2,1H3. The lowest BCUT2D eigenvalue weighted by molar-refractivity contribution is -0.109. The molecule has 1 aliphatic rings. The molecule has 1 saturated carbocycles. The molecular formula is C12H12O3. The van der Waals surface area contributed by atoms with Crippen LogP contribution in [0, 0.1) is 0 Å². The Hall–Kier alpha value is -1.64. The van der Waals surface area contributed by atoms with Gasteiger partial charge >= 0.3 is 5.97 Å². The number of carbonyl (C=O) groups excluding carboxylic acids is 2. The average molecular weight is 204 g/mol. The van der Waals surface area contributed by atoms with Crippen LogP contribution in [0.25, 0.3) is 0 Å². The summed E-state index contributed by atoms with van der Waals surface area (Å²) >= 11 is 0. The molecule has 0 unspecified atom stereocenters. The lowest BCUT2D eigenvalue weighted by atomic mass is 9.93. The van der Waals surface area contributed by atoms with E-state index in [0.717, 1.165) is 24.7 Å². The van der Waals surface area contributed by atoms with Crippen LogP contribution in [0.5, 0.6) is 0 Å². The molecule has 0 saturated heterocycles. The number of esters is 1. The van der Waals surface area contributed by atoms with E-state index in [2.05, 4.69) is 4.74 Å². The van der Waals surface area contributed by atoms with Crippen molar-refractivity contribution in [3.05, 3.63) is 35.4 Å². The Morgan fingerprint density at radius 3 is 2.60 bits per heavy atom. The third-order valence-corrected chi connectivity index (χ3v) is 2.88. The van der Waals surface area contributed by atoms with Crippen molar-refractivity contribution in [1.82, 2.24) is 0 Å². The van der Waals surface area contributed by atoms with Gasteiger partial charge in [-0.2, -0.15) is 0 Å². The molecule has 0 heterocycles. The van der Waals surface area contributed by atoms with Gasteiger partial charge in [0.05, 0.1) is 18.1 Å². The highest BCUT2D eigenvalue weighted by Crippen LogP contribution is 2.47. The van der Waals surface area contributed by atoms with Gasteiger partial charge in [0.25, 0.3) is 0 Å². The van der Waals surface area contributed by atoms with Gasteiger partial charge in [0.15, 0.2) is 0 Å². The van der Waals surface area contributed by atoms with Crippen LogP contribution in [-0.2, 0) is 14.9 Å². The summed E-state index contributed by atoms with van der Waals surface area (Å²) in [5.74, 6) is -0.376. The number of hydrogen-bond acceptors (Lipinski definition) is 3. The zero-order chi connectivity index (χ0) is 10.9. The molecular weight excluding hydrogens is 192 g/mol. The van der Waals surface area contributed by atoms with E-state index in [1.54, 1.807) is 12.1 Å². The van der Waals surface area contributed by atoms with Crippen molar-refractivity contribution in [2.24, 2.45) is 0 Å². The van der Waals surface area contributed by atoms with E-state index in [4.69, 9.17) is 0 Å². The molecule has 0 N–H and O–H groups in total. The average Bonchev–Trinajstić information content (AvgIpc) is 3.09. The maximum Gasteiger partial charge on any atom is 0.338 e. The van der Waals surface area contributed by atoms with Crippen LogP contribution < -0.4 is 0 Å². The first kappa shape index (κ1) is 9.90. The molecule has 0 atom stereocenters. The van der Waals surface area contributed by atoms with Gasteiger partial charge in [-0.3, -0.25) is 0 Å². The van der Waals surface area contributed by atoms with Gasteiger partial charge in [-0.05, 0) is 24.5 Å². The lowest BCUT2D eigenvalue weighted by Gasteiger charge is -2.11. The number of benzene rings is 1. The van der Waals surface area contributed by atoms with Gasteiger partial charge < -0.3 is 9.53 Å². The molecule has 3 nitrogen and oxygen atoms in total. The number of aldehydes is 1. The fourth-order valence-electron chi connectivity index (χ4n) is 1.79. The SMILES string of the molecule is COC(=O)c1ccccc1C1(C=O)CC1. The van der Waals surface area contributed by atoms with E-state index in [1.807, 2.05) is 12.1 Å². The van der Waals surface area contributed by atoms with Crippen molar-refractivity contribution >= 4 is 12.3 Å². The zero-order valence-corrected chi connectivity index (χ0v) is 8.53. The molecule has 1 fully saturated rings. The highest BCUT2D eigenvalue weighted by atomic mass is 16.5. The predicted molar refractivity (Wildman–Crippen MR) is 54.8 cm³/mol. The van der Waals surface area contributed by atoms with Crippen LogP contribution in [0.3, 0.4) is 0 Å². The number of methoxy groups -OCH3 is 1. The minimum absolute atomic E-state index is 0.376. The molecule has 0 radical (unpaired) electrons. The fourth-order valence-corrected chi connectivity index (χ4v) is 1.79. The molecule has 0 bridgehead atoms. The van der Waals surface area contributed by atoms with E-state index >= 15 is 0 Å². The summed E-state index contributed by atoms with van der Waals surface area (Å²) in [5, 5.41) is 0. The molecule has 0 aromatic heterocycles. The van der Waals surface area contributed by atoms with E-state index in [9.17, 15) is 9.59 Å². The van der Waals surface area contributed by atoms with Crippen molar-refractivity contribution in [3.63, 3.8) is 0 Å². The predicted octanol–water partition coefficient (Wildman–Crippen LogP) is 1.70. The van der Waals surface area contributed by atoms with Crippen LogP contribution in [0.15, 0.2) is 24.3 Å². The van der Waals surface area contributed by atoms with Crippen molar-refractivity contribution in [2.45, 2.75) is 18.3 Å². The summed E-state index contributed by atoms with van der Waals surface area (Å²) in [5.41, 5.74) is 0.876. The number of rotatable bonds is 3. The maximum atomic E-state index is 11.5. The van der Waals surface area contributed by atoms with Crippen molar-refractivity contribution in [1.29, 1.82) is 0 Å². The molecule has 0 spiro atoms. The van der Waals surface area contributed by atoms with Crippen molar-refractivity contribution < 1.29 is 14.3 Å². The van der Waals surface area contributed by atoms with Gasteiger partial charge in [-0.1, -0.05) is 18.2 Å². The normalized spacial score (nSPS) is 16.9. The van der Waals surface area contributed by atoms with Gasteiger partial charge in [-0.15, -0.1) is 0 Å². The summed E-state index contributed by atoms with van der Waals surface area (Å²) in [6.07, 6.45) is 2.59. The highest BCUT2D eigenvalue weighted by Gasteiger charge is 2.46. The van der Waals surface area contributed by atoms with E-state index in [1.165, 1.54) is 7.11 Å².